The Hall–Kier alpha value is -2.26. The van der Waals surface area contributed by atoms with Gasteiger partial charge in [-0.15, -0.1) is 0 Å². The van der Waals surface area contributed by atoms with E-state index in [-0.39, 0.29) is 11.6 Å². The van der Waals surface area contributed by atoms with Gasteiger partial charge in [-0.2, -0.15) is 0 Å². The smallest absolute Gasteiger partial charge is 0.185 e. The zero-order chi connectivity index (χ0) is 15.5. The molecule has 0 amide bonds. The molecule has 3 aromatic rings. The van der Waals surface area contributed by atoms with Crippen LogP contribution in [0.5, 0.6) is 0 Å². The van der Waals surface area contributed by atoms with Gasteiger partial charge < -0.3 is 0 Å². The van der Waals surface area contributed by atoms with Gasteiger partial charge in [0.05, 0.1) is 0 Å². The van der Waals surface area contributed by atoms with Crippen molar-refractivity contribution in [3.63, 3.8) is 0 Å². The lowest BCUT2D eigenvalue weighted by atomic mass is 10.0. The maximum Gasteiger partial charge on any atom is 0.185 e. The first-order valence-electron chi connectivity index (χ1n) is 6.80. The van der Waals surface area contributed by atoms with Crippen molar-refractivity contribution in [2.75, 3.05) is 0 Å². The molecular formula is C19H12BrFO. The lowest BCUT2D eigenvalue weighted by Gasteiger charge is -2.01. The van der Waals surface area contributed by atoms with Gasteiger partial charge in [-0.25, -0.2) is 4.39 Å². The van der Waals surface area contributed by atoms with Gasteiger partial charge in [0, 0.05) is 15.6 Å². The third-order valence-corrected chi connectivity index (χ3v) is 3.90. The molecule has 3 rings (SSSR count). The monoisotopic (exact) mass is 354 g/mol. The summed E-state index contributed by atoms with van der Waals surface area (Å²) in [5.41, 5.74) is 0.967. The molecule has 1 nitrogen and oxygen atoms in total. The molecule has 0 aliphatic heterocycles. The highest BCUT2D eigenvalue weighted by Crippen LogP contribution is 2.19. The molecule has 0 bridgehead atoms. The summed E-state index contributed by atoms with van der Waals surface area (Å²) < 4.78 is 14.4. The molecule has 0 fully saturated rings. The molecule has 3 heteroatoms. The molecule has 0 aliphatic rings. The lowest BCUT2D eigenvalue weighted by molar-refractivity contribution is 0.104. The molecule has 0 unspecified atom stereocenters. The molecule has 0 atom stereocenters. The molecule has 0 radical (unpaired) electrons. The van der Waals surface area contributed by atoms with Gasteiger partial charge in [0.15, 0.2) is 5.78 Å². The molecule has 0 heterocycles. The van der Waals surface area contributed by atoms with Gasteiger partial charge >= 0.3 is 0 Å². The van der Waals surface area contributed by atoms with Crippen molar-refractivity contribution < 1.29 is 9.18 Å². The number of benzene rings is 3. The number of ketones is 1. The van der Waals surface area contributed by atoms with Crippen molar-refractivity contribution in [2.45, 2.75) is 0 Å². The Kier molecular flexibility index (Phi) is 4.16. The Morgan fingerprint density at radius 3 is 2.55 bits per heavy atom. The Morgan fingerprint density at radius 1 is 0.955 bits per heavy atom. The third kappa shape index (κ3) is 3.15. The Balaban J connectivity index is 1.89. The average molecular weight is 355 g/mol. The fourth-order valence-corrected chi connectivity index (χ4v) is 2.63. The summed E-state index contributed by atoms with van der Waals surface area (Å²) in [7, 11) is 0. The van der Waals surface area contributed by atoms with E-state index in [4.69, 9.17) is 0 Å². The van der Waals surface area contributed by atoms with Crippen LogP contribution in [0.2, 0.25) is 0 Å². The molecule has 0 aromatic heterocycles. The van der Waals surface area contributed by atoms with Crippen LogP contribution in [-0.2, 0) is 0 Å². The predicted octanol–water partition coefficient (Wildman–Crippen LogP) is 5.64. The number of allylic oxidation sites excluding steroid dienone is 1. The fraction of sp³-hybridized carbons (Fsp3) is 0. The lowest BCUT2D eigenvalue weighted by Crippen LogP contribution is -1.94. The molecule has 108 valence electrons. The molecule has 3 aromatic carbocycles. The van der Waals surface area contributed by atoms with Crippen LogP contribution in [0.4, 0.5) is 4.39 Å². The summed E-state index contributed by atoms with van der Waals surface area (Å²) in [6.07, 6.45) is 2.90. The number of carbonyl (C=O) groups excluding carboxylic acids is 1. The van der Waals surface area contributed by atoms with Gasteiger partial charge in [-0.05, 0) is 47.2 Å². The number of hydrogen-bond acceptors (Lipinski definition) is 1. The van der Waals surface area contributed by atoms with Gasteiger partial charge in [0.1, 0.15) is 5.82 Å². The normalized spacial score (nSPS) is 11.2. The molecule has 0 N–H and O–H groups in total. The molecule has 0 saturated carbocycles. The summed E-state index contributed by atoms with van der Waals surface area (Å²) >= 11 is 3.29. The SMILES string of the molecule is O=C(/C=C/c1cc(Br)ccc1F)c1ccc2ccccc2c1. The van der Waals surface area contributed by atoms with E-state index in [2.05, 4.69) is 15.9 Å². The van der Waals surface area contributed by atoms with Crippen LogP contribution in [-0.4, -0.2) is 5.78 Å². The van der Waals surface area contributed by atoms with Crippen molar-refractivity contribution in [1.82, 2.24) is 0 Å². The van der Waals surface area contributed by atoms with Crippen LogP contribution in [0.25, 0.3) is 16.8 Å². The Labute approximate surface area is 136 Å². The molecular weight excluding hydrogens is 343 g/mol. The highest BCUT2D eigenvalue weighted by molar-refractivity contribution is 9.10. The first-order valence-corrected chi connectivity index (χ1v) is 7.59. The molecule has 0 spiro atoms. The second kappa shape index (κ2) is 6.24. The summed E-state index contributed by atoms with van der Waals surface area (Å²) in [5, 5.41) is 2.09. The minimum Gasteiger partial charge on any atom is -0.289 e. The summed E-state index contributed by atoms with van der Waals surface area (Å²) in [6.45, 7) is 0. The largest absolute Gasteiger partial charge is 0.289 e. The van der Waals surface area contributed by atoms with E-state index in [1.165, 1.54) is 18.2 Å². The first kappa shape index (κ1) is 14.7. The van der Waals surface area contributed by atoms with Crippen molar-refractivity contribution in [3.8, 4) is 0 Å². The number of rotatable bonds is 3. The van der Waals surface area contributed by atoms with Gasteiger partial charge in [0.2, 0.25) is 0 Å². The molecule has 22 heavy (non-hydrogen) atoms. The van der Waals surface area contributed by atoms with E-state index in [9.17, 15) is 9.18 Å². The van der Waals surface area contributed by atoms with Crippen LogP contribution in [0.3, 0.4) is 0 Å². The highest BCUT2D eigenvalue weighted by Gasteiger charge is 2.04. The second-order valence-corrected chi connectivity index (χ2v) is 5.84. The van der Waals surface area contributed by atoms with Crippen LogP contribution in [0.15, 0.2) is 71.2 Å². The van der Waals surface area contributed by atoms with Crippen LogP contribution < -0.4 is 0 Å². The fourth-order valence-electron chi connectivity index (χ4n) is 2.25. The number of fused-ring (bicyclic) bond motifs is 1. The van der Waals surface area contributed by atoms with Crippen LogP contribution in [0, 0.1) is 5.82 Å². The zero-order valence-corrected chi connectivity index (χ0v) is 13.2. The van der Waals surface area contributed by atoms with Gasteiger partial charge in [-0.1, -0.05) is 52.3 Å². The quantitative estimate of drug-likeness (QED) is 0.439. The first-order chi connectivity index (χ1) is 10.6. The van der Waals surface area contributed by atoms with E-state index < -0.39 is 0 Å². The Bertz CT molecular complexity index is 883. The number of halogens is 2. The van der Waals surface area contributed by atoms with Crippen molar-refractivity contribution in [3.05, 3.63) is 88.2 Å². The van der Waals surface area contributed by atoms with Crippen molar-refractivity contribution >= 4 is 38.6 Å². The average Bonchev–Trinajstić information content (AvgIpc) is 2.55. The van der Waals surface area contributed by atoms with Crippen LogP contribution >= 0.6 is 15.9 Å². The second-order valence-electron chi connectivity index (χ2n) is 4.93. The minimum absolute atomic E-state index is 0.148. The van der Waals surface area contributed by atoms with E-state index in [0.29, 0.717) is 11.1 Å². The van der Waals surface area contributed by atoms with Crippen LogP contribution in [0.1, 0.15) is 15.9 Å². The Morgan fingerprint density at radius 2 is 1.73 bits per heavy atom. The number of hydrogen-bond donors (Lipinski definition) is 0. The maximum absolute atomic E-state index is 13.6. The van der Waals surface area contributed by atoms with Crippen molar-refractivity contribution in [2.24, 2.45) is 0 Å². The minimum atomic E-state index is -0.356. The van der Waals surface area contributed by atoms with E-state index >= 15 is 0 Å². The third-order valence-electron chi connectivity index (χ3n) is 3.41. The summed E-state index contributed by atoms with van der Waals surface area (Å²) in [5.74, 6) is -0.504. The van der Waals surface area contributed by atoms with Gasteiger partial charge in [-0.3, -0.25) is 4.79 Å². The predicted molar refractivity (Wildman–Crippen MR) is 91.4 cm³/mol. The molecule has 0 saturated heterocycles. The molecule has 0 aliphatic carbocycles. The van der Waals surface area contributed by atoms with Crippen molar-refractivity contribution in [1.29, 1.82) is 0 Å². The highest BCUT2D eigenvalue weighted by atomic mass is 79.9. The standard InChI is InChI=1S/C19H12BrFO/c20-17-8-9-18(21)15(12-17)7-10-19(22)16-6-5-13-3-1-2-4-14(13)11-16/h1-12H/b10-7+. The van der Waals surface area contributed by atoms with E-state index in [1.54, 1.807) is 18.2 Å². The number of carbonyl (C=O) groups is 1. The maximum atomic E-state index is 13.6. The van der Waals surface area contributed by atoms with E-state index in [0.717, 1.165) is 15.2 Å². The topological polar surface area (TPSA) is 17.1 Å². The zero-order valence-electron chi connectivity index (χ0n) is 11.6. The van der Waals surface area contributed by atoms with Gasteiger partial charge in [0.25, 0.3) is 0 Å². The van der Waals surface area contributed by atoms with E-state index in [1.807, 2.05) is 36.4 Å². The summed E-state index contributed by atoms with van der Waals surface area (Å²) in [6, 6.07) is 18.0. The summed E-state index contributed by atoms with van der Waals surface area (Å²) in [4.78, 5) is 12.2.